The molecule has 2 amide bonds. The topological polar surface area (TPSA) is 84.5 Å². The van der Waals surface area contributed by atoms with Gasteiger partial charge in [0.25, 0.3) is 5.91 Å². The summed E-state index contributed by atoms with van der Waals surface area (Å²) in [7, 11) is 0. The standard InChI is InChI=1S/C25H36N2O4/c1-5-26-23(28)15-8-9-17-27-24(29)21-13-6-7-14-22(21)25(30)31-18-16-20(4)12-10-11-19(2)3/h6-7,11,13-14,16H,5,8-10,12,15,17-18H2,1-4H3,(H,26,28)(H,27,29)/b20-16+. The fourth-order valence-electron chi connectivity index (χ4n) is 2.88. The number of carbonyl (C=O) groups is 3. The Hall–Kier alpha value is -2.89. The Morgan fingerprint density at radius 1 is 0.935 bits per heavy atom. The van der Waals surface area contributed by atoms with Gasteiger partial charge in [-0.25, -0.2) is 4.79 Å². The van der Waals surface area contributed by atoms with E-state index in [9.17, 15) is 14.4 Å². The molecule has 0 radical (unpaired) electrons. The van der Waals surface area contributed by atoms with Gasteiger partial charge in [0.05, 0.1) is 11.1 Å². The maximum Gasteiger partial charge on any atom is 0.339 e. The first kappa shape index (κ1) is 26.1. The van der Waals surface area contributed by atoms with Crippen molar-refractivity contribution in [2.24, 2.45) is 0 Å². The second kappa shape index (κ2) is 15.0. The van der Waals surface area contributed by atoms with Gasteiger partial charge in [-0.15, -0.1) is 0 Å². The summed E-state index contributed by atoms with van der Waals surface area (Å²) in [6.45, 7) is 9.27. The molecule has 0 saturated carbocycles. The van der Waals surface area contributed by atoms with Gasteiger partial charge in [0.1, 0.15) is 6.61 Å². The highest BCUT2D eigenvalue weighted by Gasteiger charge is 2.17. The monoisotopic (exact) mass is 428 g/mol. The maximum atomic E-state index is 12.5. The summed E-state index contributed by atoms with van der Waals surface area (Å²) in [6, 6.07) is 6.63. The molecule has 170 valence electrons. The van der Waals surface area contributed by atoms with Crippen molar-refractivity contribution in [3.63, 3.8) is 0 Å². The first-order valence-electron chi connectivity index (χ1n) is 10.9. The minimum Gasteiger partial charge on any atom is -0.458 e. The zero-order chi connectivity index (χ0) is 23.1. The van der Waals surface area contributed by atoms with E-state index in [1.807, 2.05) is 19.9 Å². The molecule has 1 aromatic rings. The SMILES string of the molecule is CCNC(=O)CCCCNC(=O)c1ccccc1C(=O)OC/C=C(\C)CCC=C(C)C. The summed E-state index contributed by atoms with van der Waals surface area (Å²) < 4.78 is 5.35. The molecule has 0 spiro atoms. The first-order chi connectivity index (χ1) is 14.8. The predicted molar refractivity (Wildman–Crippen MR) is 124 cm³/mol. The number of hydrogen-bond donors (Lipinski definition) is 2. The van der Waals surface area contributed by atoms with Gasteiger partial charge >= 0.3 is 5.97 Å². The van der Waals surface area contributed by atoms with Crippen LogP contribution in [0.15, 0.2) is 47.6 Å². The second-order valence-corrected chi connectivity index (χ2v) is 7.68. The number of hydrogen-bond acceptors (Lipinski definition) is 4. The molecule has 0 bridgehead atoms. The molecule has 0 unspecified atom stereocenters. The van der Waals surface area contributed by atoms with Crippen molar-refractivity contribution in [3.8, 4) is 0 Å². The zero-order valence-electron chi connectivity index (χ0n) is 19.3. The van der Waals surface area contributed by atoms with Crippen molar-refractivity contribution < 1.29 is 19.1 Å². The third kappa shape index (κ3) is 11.2. The molecule has 6 nitrogen and oxygen atoms in total. The van der Waals surface area contributed by atoms with Gasteiger partial charge in [-0.05, 0) is 71.6 Å². The van der Waals surface area contributed by atoms with Gasteiger partial charge in [-0.2, -0.15) is 0 Å². The van der Waals surface area contributed by atoms with Crippen LogP contribution in [0.4, 0.5) is 0 Å². The van der Waals surface area contributed by atoms with E-state index in [4.69, 9.17) is 4.74 Å². The fraction of sp³-hybridized carbons (Fsp3) is 0.480. The van der Waals surface area contributed by atoms with Crippen molar-refractivity contribution in [2.45, 2.75) is 59.8 Å². The summed E-state index contributed by atoms with van der Waals surface area (Å²) >= 11 is 0. The molecule has 2 N–H and O–H groups in total. The van der Waals surface area contributed by atoms with Gasteiger partial charge in [0, 0.05) is 19.5 Å². The van der Waals surface area contributed by atoms with Crippen LogP contribution in [0.25, 0.3) is 0 Å². The zero-order valence-corrected chi connectivity index (χ0v) is 19.3. The van der Waals surface area contributed by atoms with E-state index in [0.29, 0.717) is 37.9 Å². The lowest BCUT2D eigenvalue weighted by atomic mass is 10.1. The Bertz CT molecular complexity index is 792. The average molecular weight is 429 g/mol. The van der Waals surface area contributed by atoms with Crippen molar-refractivity contribution in [2.75, 3.05) is 19.7 Å². The lowest BCUT2D eigenvalue weighted by molar-refractivity contribution is -0.121. The lowest BCUT2D eigenvalue weighted by Crippen LogP contribution is -2.27. The van der Waals surface area contributed by atoms with Crippen LogP contribution in [-0.4, -0.2) is 37.5 Å². The number of nitrogens with one attached hydrogen (secondary N) is 2. The molecule has 0 atom stereocenters. The summed E-state index contributed by atoms with van der Waals surface area (Å²) in [5.41, 5.74) is 2.98. The van der Waals surface area contributed by atoms with Gasteiger partial charge in [0.2, 0.25) is 5.91 Å². The predicted octanol–water partition coefficient (Wildman–Crippen LogP) is 4.57. The summed E-state index contributed by atoms with van der Waals surface area (Å²) in [5, 5.41) is 5.56. The highest BCUT2D eigenvalue weighted by Crippen LogP contribution is 2.12. The summed E-state index contributed by atoms with van der Waals surface area (Å²) in [5.74, 6) is -0.822. The number of ether oxygens (including phenoxy) is 1. The molecule has 0 aliphatic heterocycles. The van der Waals surface area contributed by atoms with Crippen LogP contribution >= 0.6 is 0 Å². The Labute approximate surface area is 186 Å². The summed E-state index contributed by atoms with van der Waals surface area (Å²) in [6.07, 6.45) is 7.77. The Balaban J connectivity index is 2.52. The van der Waals surface area contributed by atoms with Gasteiger partial charge in [-0.3, -0.25) is 9.59 Å². The molecule has 0 fully saturated rings. The van der Waals surface area contributed by atoms with Crippen molar-refractivity contribution >= 4 is 17.8 Å². The Kier molecular flexibility index (Phi) is 12.6. The quantitative estimate of drug-likeness (QED) is 0.274. The van der Waals surface area contributed by atoms with Crippen molar-refractivity contribution in [1.82, 2.24) is 10.6 Å². The van der Waals surface area contributed by atoms with Crippen LogP contribution < -0.4 is 10.6 Å². The number of unbranched alkanes of at least 4 members (excludes halogenated alkanes) is 1. The van der Waals surface area contributed by atoms with Gasteiger partial charge < -0.3 is 15.4 Å². The van der Waals surface area contributed by atoms with E-state index in [1.54, 1.807) is 24.3 Å². The molecule has 0 saturated heterocycles. The molecule has 6 heteroatoms. The van der Waals surface area contributed by atoms with E-state index in [-0.39, 0.29) is 24.0 Å². The minimum absolute atomic E-state index is 0.0168. The fourth-order valence-corrected chi connectivity index (χ4v) is 2.88. The molecular weight excluding hydrogens is 392 g/mol. The number of benzene rings is 1. The summed E-state index contributed by atoms with van der Waals surface area (Å²) in [4.78, 5) is 36.4. The molecule has 1 aromatic carbocycles. The van der Waals surface area contributed by atoms with Gasteiger partial charge in [-0.1, -0.05) is 29.4 Å². The second-order valence-electron chi connectivity index (χ2n) is 7.68. The molecular formula is C25H36N2O4. The smallest absolute Gasteiger partial charge is 0.339 e. The normalized spacial score (nSPS) is 10.9. The van der Waals surface area contributed by atoms with Crippen molar-refractivity contribution in [3.05, 3.63) is 58.7 Å². The lowest BCUT2D eigenvalue weighted by Gasteiger charge is -2.10. The molecule has 31 heavy (non-hydrogen) atoms. The Morgan fingerprint density at radius 2 is 1.65 bits per heavy atom. The highest BCUT2D eigenvalue weighted by atomic mass is 16.5. The van der Waals surface area contributed by atoms with Crippen LogP contribution in [0.2, 0.25) is 0 Å². The van der Waals surface area contributed by atoms with Crippen LogP contribution in [0, 0.1) is 0 Å². The highest BCUT2D eigenvalue weighted by molar-refractivity contribution is 6.05. The number of esters is 1. The number of carbonyl (C=O) groups excluding carboxylic acids is 3. The van der Waals surface area contributed by atoms with Crippen LogP contribution in [0.3, 0.4) is 0 Å². The van der Waals surface area contributed by atoms with E-state index >= 15 is 0 Å². The third-order valence-electron chi connectivity index (χ3n) is 4.62. The number of amides is 2. The number of allylic oxidation sites excluding steroid dienone is 3. The van der Waals surface area contributed by atoms with E-state index in [1.165, 1.54) is 5.57 Å². The third-order valence-corrected chi connectivity index (χ3v) is 4.62. The van der Waals surface area contributed by atoms with Gasteiger partial charge in [0.15, 0.2) is 0 Å². The Morgan fingerprint density at radius 3 is 2.32 bits per heavy atom. The van der Waals surface area contributed by atoms with E-state index < -0.39 is 5.97 Å². The minimum atomic E-state index is -0.518. The van der Waals surface area contributed by atoms with Crippen LogP contribution in [-0.2, 0) is 9.53 Å². The van der Waals surface area contributed by atoms with Crippen LogP contribution in [0.1, 0.15) is 80.5 Å². The maximum absolute atomic E-state index is 12.5. The van der Waals surface area contributed by atoms with Crippen molar-refractivity contribution in [1.29, 1.82) is 0 Å². The average Bonchev–Trinajstić information content (AvgIpc) is 2.73. The molecule has 0 aliphatic rings. The van der Waals surface area contributed by atoms with Crippen LogP contribution in [0.5, 0.6) is 0 Å². The molecule has 1 rings (SSSR count). The molecule has 0 heterocycles. The van der Waals surface area contributed by atoms with E-state index in [2.05, 4.69) is 30.6 Å². The number of rotatable bonds is 13. The largest absolute Gasteiger partial charge is 0.458 e. The molecule has 0 aromatic heterocycles. The first-order valence-corrected chi connectivity index (χ1v) is 10.9. The molecule has 0 aliphatic carbocycles. The van der Waals surface area contributed by atoms with E-state index in [0.717, 1.165) is 18.4 Å².